The van der Waals surface area contributed by atoms with Crippen LogP contribution in [0.1, 0.15) is 25.7 Å². The van der Waals surface area contributed by atoms with Gasteiger partial charge in [0.2, 0.25) is 5.91 Å². The Hall–Kier alpha value is -1.61. The summed E-state index contributed by atoms with van der Waals surface area (Å²) in [5, 5.41) is 9.76. The van der Waals surface area contributed by atoms with Crippen molar-refractivity contribution in [1.29, 1.82) is 0 Å². The lowest BCUT2D eigenvalue weighted by Crippen LogP contribution is -2.53. The molecule has 1 aromatic rings. The molecule has 1 heterocycles. The van der Waals surface area contributed by atoms with Crippen molar-refractivity contribution in [2.24, 2.45) is 5.92 Å². The highest BCUT2D eigenvalue weighted by Crippen LogP contribution is 2.43. The first-order valence-corrected chi connectivity index (χ1v) is 10.9. The van der Waals surface area contributed by atoms with Crippen molar-refractivity contribution in [3.8, 4) is 0 Å². The van der Waals surface area contributed by atoms with Crippen LogP contribution in [0.4, 0.5) is 18.9 Å². The first-order chi connectivity index (χ1) is 13.1. The lowest BCUT2D eigenvalue weighted by Gasteiger charge is -2.40. The van der Waals surface area contributed by atoms with E-state index < -0.39 is 41.3 Å². The molecule has 0 spiro atoms. The molecule has 9 heteroatoms. The van der Waals surface area contributed by atoms with Gasteiger partial charge in [0.05, 0.1) is 0 Å². The zero-order valence-corrected chi connectivity index (χ0v) is 16.6. The van der Waals surface area contributed by atoms with Gasteiger partial charge in [-0.3, -0.25) is 9.00 Å². The van der Waals surface area contributed by atoms with Gasteiger partial charge in [0.15, 0.2) is 5.60 Å². The summed E-state index contributed by atoms with van der Waals surface area (Å²) in [6.45, 7) is 2.23. The summed E-state index contributed by atoms with van der Waals surface area (Å²) in [6, 6.07) is 7.48. The smallest absolute Gasteiger partial charge is 0.380 e. The van der Waals surface area contributed by atoms with E-state index in [-0.39, 0.29) is 18.7 Å². The van der Waals surface area contributed by atoms with Gasteiger partial charge in [0.25, 0.3) is 0 Å². The molecular formula is C19H25F3N2O3S. The van der Waals surface area contributed by atoms with E-state index in [9.17, 15) is 27.3 Å². The molecule has 1 unspecified atom stereocenters. The highest BCUT2D eigenvalue weighted by atomic mass is 32.2. The van der Waals surface area contributed by atoms with E-state index in [1.807, 2.05) is 24.3 Å². The Morgan fingerprint density at radius 3 is 2.32 bits per heavy atom. The van der Waals surface area contributed by atoms with Crippen molar-refractivity contribution in [1.82, 2.24) is 4.90 Å². The predicted octanol–water partition coefficient (Wildman–Crippen LogP) is 2.56. The minimum atomic E-state index is -4.65. The van der Waals surface area contributed by atoms with Gasteiger partial charge in [0, 0.05) is 59.7 Å². The molecule has 1 atom stereocenters. The van der Waals surface area contributed by atoms with Crippen molar-refractivity contribution in [2.75, 3.05) is 37.3 Å². The first kappa shape index (κ1) is 21.1. The molecule has 156 valence electrons. The Bertz CT molecular complexity index is 740. The van der Waals surface area contributed by atoms with Crippen molar-refractivity contribution >= 4 is 22.4 Å². The normalized spacial score (nSPS) is 27.5. The molecule has 28 heavy (non-hydrogen) atoms. The molecule has 0 radical (unpaired) electrons. The number of halogens is 3. The van der Waals surface area contributed by atoms with Crippen molar-refractivity contribution in [3.05, 3.63) is 24.3 Å². The minimum Gasteiger partial charge on any atom is -0.380 e. The average molecular weight is 418 g/mol. The van der Waals surface area contributed by atoms with Crippen LogP contribution >= 0.6 is 0 Å². The number of piperazine rings is 1. The second-order valence-corrected chi connectivity index (χ2v) is 8.95. The van der Waals surface area contributed by atoms with E-state index in [1.165, 1.54) is 0 Å². The number of alkyl halides is 3. The predicted molar refractivity (Wildman–Crippen MR) is 101 cm³/mol. The van der Waals surface area contributed by atoms with Crippen molar-refractivity contribution < 1.29 is 27.3 Å². The topological polar surface area (TPSA) is 60.9 Å². The lowest BCUT2D eigenvalue weighted by atomic mass is 9.78. The second kappa shape index (κ2) is 8.02. The van der Waals surface area contributed by atoms with Gasteiger partial charge in [-0.2, -0.15) is 13.2 Å². The monoisotopic (exact) mass is 418 g/mol. The Balaban J connectivity index is 1.55. The number of benzene rings is 1. The quantitative estimate of drug-likeness (QED) is 0.820. The molecular weight excluding hydrogens is 393 g/mol. The summed E-state index contributed by atoms with van der Waals surface area (Å²) in [6.07, 6.45) is -3.76. The van der Waals surface area contributed by atoms with Crippen molar-refractivity contribution in [2.45, 2.75) is 42.4 Å². The van der Waals surface area contributed by atoms with Crippen LogP contribution in [0.2, 0.25) is 0 Å². The molecule has 0 aromatic heterocycles. The first-order valence-electron chi connectivity index (χ1n) is 9.37. The van der Waals surface area contributed by atoms with Crippen LogP contribution in [0.3, 0.4) is 0 Å². The van der Waals surface area contributed by atoms with Crippen LogP contribution in [0, 0.1) is 5.92 Å². The van der Waals surface area contributed by atoms with E-state index in [0.717, 1.165) is 10.6 Å². The number of carbonyl (C=O) groups excluding carboxylic acids is 1. The third-order valence-electron chi connectivity index (χ3n) is 5.80. The van der Waals surface area contributed by atoms with Gasteiger partial charge in [-0.25, -0.2) is 0 Å². The third-order valence-corrected chi connectivity index (χ3v) is 6.71. The Morgan fingerprint density at radius 1 is 1.18 bits per heavy atom. The molecule has 1 N–H and O–H groups in total. The fraction of sp³-hybridized carbons (Fsp3) is 0.632. The van der Waals surface area contributed by atoms with Gasteiger partial charge in [-0.15, -0.1) is 0 Å². The molecule has 0 bridgehead atoms. The Kier molecular flexibility index (Phi) is 6.05. The summed E-state index contributed by atoms with van der Waals surface area (Å²) in [5.41, 5.74) is -1.71. The maximum Gasteiger partial charge on any atom is 0.417 e. The summed E-state index contributed by atoms with van der Waals surface area (Å²) < 4.78 is 50.4. The number of amides is 1. The van der Waals surface area contributed by atoms with Crippen LogP contribution in [-0.4, -0.2) is 64.3 Å². The molecule has 1 aliphatic carbocycles. The fourth-order valence-corrected chi connectivity index (χ4v) is 4.48. The molecule has 3 rings (SSSR count). The average Bonchev–Trinajstić information content (AvgIpc) is 2.67. The van der Waals surface area contributed by atoms with Crippen LogP contribution in [0.5, 0.6) is 0 Å². The fourth-order valence-electron chi connectivity index (χ4n) is 3.93. The molecule has 2 aliphatic rings. The van der Waals surface area contributed by atoms with E-state index in [2.05, 4.69) is 4.90 Å². The number of hydrogen-bond donors (Lipinski definition) is 1. The summed E-state index contributed by atoms with van der Waals surface area (Å²) in [5.74, 6) is -0.577. The zero-order valence-electron chi connectivity index (χ0n) is 15.7. The van der Waals surface area contributed by atoms with Crippen LogP contribution in [-0.2, 0) is 15.6 Å². The minimum absolute atomic E-state index is 0.0550. The Labute approximate surface area is 165 Å². The largest absolute Gasteiger partial charge is 0.417 e. The SMILES string of the molecule is CS(=O)c1cccc(N2CCN(C(=O)C3CCC(O)(C(F)(F)F)CC3)CC2)c1. The molecule has 2 fully saturated rings. The summed E-state index contributed by atoms with van der Waals surface area (Å²) >= 11 is 0. The van der Waals surface area contributed by atoms with Crippen LogP contribution in [0.15, 0.2) is 29.2 Å². The van der Waals surface area contributed by atoms with E-state index >= 15 is 0 Å². The van der Waals surface area contributed by atoms with Gasteiger partial charge >= 0.3 is 6.18 Å². The molecule has 1 saturated carbocycles. The summed E-state index contributed by atoms with van der Waals surface area (Å²) in [7, 11) is -1.07. The maximum absolute atomic E-state index is 12.9. The highest BCUT2D eigenvalue weighted by molar-refractivity contribution is 7.84. The maximum atomic E-state index is 12.9. The number of hydrogen-bond acceptors (Lipinski definition) is 4. The van der Waals surface area contributed by atoms with E-state index in [0.29, 0.717) is 26.2 Å². The van der Waals surface area contributed by atoms with Gasteiger partial charge in [0.1, 0.15) is 0 Å². The number of nitrogens with zero attached hydrogens (tertiary/aromatic N) is 2. The number of anilines is 1. The lowest BCUT2D eigenvalue weighted by molar-refractivity contribution is -0.271. The van der Waals surface area contributed by atoms with Gasteiger partial charge < -0.3 is 14.9 Å². The van der Waals surface area contributed by atoms with E-state index in [4.69, 9.17) is 0 Å². The number of carbonyl (C=O) groups is 1. The Morgan fingerprint density at radius 2 is 1.79 bits per heavy atom. The molecule has 1 aromatic carbocycles. The highest BCUT2D eigenvalue weighted by Gasteiger charge is 2.55. The second-order valence-electron chi connectivity index (χ2n) is 7.57. The molecule has 1 amide bonds. The zero-order chi connectivity index (χ0) is 20.5. The standard InChI is InChI=1S/C19H25F3N2O3S/c1-28(27)16-4-2-3-15(13-16)23-9-11-24(12-10-23)17(25)14-5-7-18(26,8-6-14)19(20,21)22/h2-4,13-14,26H,5-12H2,1H3. The molecule has 5 nitrogen and oxygen atoms in total. The molecule has 1 aliphatic heterocycles. The van der Waals surface area contributed by atoms with Crippen LogP contribution < -0.4 is 4.90 Å². The van der Waals surface area contributed by atoms with Gasteiger partial charge in [-0.1, -0.05) is 6.07 Å². The number of rotatable bonds is 3. The molecule has 1 saturated heterocycles. The van der Waals surface area contributed by atoms with E-state index in [1.54, 1.807) is 11.2 Å². The van der Waals surface area contributed by atoms with Gasteiger partial charge in [-0.05, 0) is 43.9 Å². The van der Waals surface area contributed by atoms with Crippen molar-refractivity contribution in [3.63, 3.8) is 0 Å². The van der Waals surface area contributed by atoms with Crippen LogP contribution in [0.25, 0.3) is 0 Å². The third kappa shape index (κ3) is 4.35. The number of aliphatic hydroxyl groups is 1. The summed E-state index contributed by atoms with van der Waals surface area (Å²) in [4.78, 5) is 17.3.